The van der Waals surface area contributed by atoms with E-state index in [1.165, 1.54) is 0 Å². The lowest BCUT2D eigenvalue weighted by atomic mass is 9.99. The smallest absolute Gasteiger partial charge is 0.242 e. The van der Waals surface area contributed by atoms with Crippen molar-refractivity contribution >= 4 is 11.0 Å². The Hall–Kier alpha value is -2.61. The third kappa shape index (κ3) is 3.43. The van der Waals surface area contributed by atoms with E-state index in [0.717, 1.165) is 17.8 Å². The summed E-state index contributed by atoms with van der Waals surface area (Å²) in [6.45, 7) is 1.55. The molecule has 0 unspecified atom stereocenters. The van der Waals surface area contributed by atoms with Gasteiger partial charge < -0.3 is 10.1 Å². The van der Waals surface area contributed by atoms with Crippen molar-refractivity contribution in [1.82, 2.24) is 30.0 Å². The van der Waals surface area contributed by atoms with Gasteiger partial charge in [0.1, 0.15) is 6.17 Å². The number of fused-ring (bicyclic) bond motifs is 1. The molecule has 1 N–H and O–H groups in total. The minimum Gasteiger partial charge on any atom is -0.476 e. The number of nitrogens with zero attached hydrogens (tertiary/aromatic N) is 5. The summed E-state index contributed by atoms with van der Waals surface area (Å²) in [5, 5.41) is 7.26. The number of hydrogen-bond acceptors (Lipinski definition) is 6. The van der Waals surface area contributed by atoms with Crippen LogP contribution in [-0.2, 0) is 7.05 Å². The number of piperidine rings is 1. The van der Waals surface area contributed by atoms with Gasteiger partial charge in [-0.25, -0.2) is 14.4 Å². The first-order valence-electron chi connectivity index (χ1n) is 8.27. The largest absolute Gasteiger partial charge is 0.476 e. The molecule has 1 fully saturated rings. The number of aromatic nitrogens is 5. The Bertz CT molecular complexity index is 882. The molecule has 7 nitrogen and oxygen atoms in total. The number of pyridine rings is 1. The van der Waals surface area contributed by atoms with Crippen LogP contribution in [0.5, 0.6) is 5.88 Å². The quantitative estimate of drug-likeness (QED) is 0.778. The van der Waals surface area contributed by atoms with Crippen molar-refractivity contribution in [3.8, 4) is 17.1 Å². The zero-order valence-electron chi connectivity index (χ0n) is 13.9. The fourth-order valence-corrected chi connectivity index (χ4v) is 3.04. The number of nitrogens with one attached hydrogen (secondary N) is 1. The van der Waals surface area contributed by atoms with Gasteiger partial charge in [0.15, 0.2) is 5.52 Å². The van der Waals surface area contributed by atoms with E-state index >= 15 is 0 Å². The van der Waals surface area contributed by atoms with Gasteiger partial charge in [0.05, 0.1) is 24.0 Å². The van der Waals surface area contributed by atoms with Crippen molar-refractivity contribution in [2.24, 2.45) is 13.0 Å². The van der Waals surface area contributed by atoms with Crippen LogP contribution in [0.25, 0.3) is 22.3 Å². The van der Waals surface area contributed by atoms with Crippen molar-refractivity contribution in [1.29, 1.82) is 0 Å². The molecule has 4 rings (SSSR count). The summed E-state index contributed by atoms with van der Waals surface area (Å²) in [7, 11) is 1.85. The topological polar surface area (TPSA) is 77.8 Å². The fraction of sp³-hybridized carbons (Fsp3) is 0.412. The Morgan fingerprint density at radius 2 is 2.20 bits per heavy atom. The number of hydrogen-bond donors (Lipinski definition) is 1. The van der Waals surface area contributed by atoms with Crippen LogP contribution in [0.3, 0.4) is 0 Å². The standard InChI is InChI=1S/C17H19FN6O/c1-24-9-12(7-22-24)14-5-15-16(21-3-2-20-15)17(23-14)25-10-11-4-13(18)8-19-6-11/h2-3,5,7,9,11,13,19H,4,6,8,10H2,1H3/t11-,13-/m1/s1. The SMILES string of the molecule is Cn1cc(-c2cc3nccnc3c(OC[C@H]3CNC[C@H](F)C3)n2)cn1. The van der Waals surface area contributed by atoms with E-state index in [1.807, 2.05) is 19.3 Å². The molecule has 0 aliphatic carbocycles. The second-order valence-electron chi connectivity index (χ2n) is 6.31. The van der Waals surface area contributed by atoms with Crippen LogP contribution in [0.15, 0.2) is 30.9 Å². The minimum absolute atomic E-state index is 0.110. The molecule has 0 bridgehead atoms. The van der Waals surface area contributed by atoms with E-state index in [1.54, 1.807) is 23.3 Å². The van der Waals surface area contributed by atoms with Crippen molar-refractivity contribution in [2.45, 2.75) is 12.6 Å². The van der Waals surface area contributed by atoms with Gasteiger partial charge in [-0.15, -0.1) is 0 Å². The monoisotopic (exact) mass is 342 g/mol. The molecular formula is C17H19FN6O. The molecule has 2 atom stereocenters. The van der Waals surface area contributed by atoms with E-state index < -0.39 is 6.17 Å². The number of aryl methyl sites for hydroxylation is 1. The van der Waals surface area contributed by atoms with Crippen LogP contribution in [0.4, 0.5) is 4.39 Å². The van der Waals surface area contributed by atoms with Gasteiger partial charge in [-0.05, 0) is 12.5 Å². The van der Waals surface area contributed by atoms with Crippen molar-refractivity contribution in [2.75, 3.05) is 19.7 Å². The maximum atomic E-state index is 13.5. The Kier molecular flexibility index (Phi) is 4.27. The molecule has 130 valence electrons. The highest BCUT2D eigenvalue weighted by molar-refractivity contribution is 5.83. The van der Waals surface area contributed by atoms with E-state index in [9.17, 15) is 4.39 Å². The molecule has 0 amide bonds. The Labute approximate surface area is 144 Å². The molecule has 0 radical (unpaired) electrons. The number of halogens is 1. The molecule has 0 aromatic carbocycles. The van der Waals surface area contributed by atoms with Gasteiger partial charge in [-0.1, -0.05) is 0 Å². The third-order valence-corrected chi connectivity index (χ3v) is 4.27. The van der Waals surface area contributed by atoms with Gasteiger partial charge in [0.25, 0.3) is 0 Å². The molecule has 0 saturated carbocycles. The zero-order chi connectivity index (χ0) is 17.2. The Morgan fingerprint density at radius 3 is 3.00 bits per heavy atom. The summed E-state index contributed by atoms with van der Waals surface area (Å²) in [6.07, 6.45) is 6.55. The highest BCUT2D eigenvalue weighted by atomic mass is 19.1. The minimum atomic E-state index is -0.825. The first kappa shape index (κ1) is 15.9. The predicted octanol–water partition coefficient (Wildman–Crippen LogP) is 1.75. The Balaban J connectivity index is 1.64. The lowest BCUT2D eigenvalue weighted by Gasteiger charge is -2.25. The first-order chi connectivity index (χ1) is 12.2. The van der Waals surface area contributed by atoms with E-state index in [2.05, 4.69) is 25.4 Å². The predicted molar refractivity (Wildman–Crippen MR) is 90.9 cm³/mol. The average molecular weight is 342 g/mol. The van der Waals surface area contributed by atoms with Crippen molar-refractivity contribution in [3.05, 3.63) is 30.9 Å². The molecule has 0 spiro atoms. The summed E-state index contributed by atoms with van der Waals surface area (Å²) in [6, 6.07) is 1.87. The fourth-order valence-electron chi connectivity index (χ4n) is 3.04. The van der Waals surface area contributed by atoms with Crippen molar-refractivity contribution < 1.29 is 9.13 Å². The maximum Gasteiger partial charge on any atom is 0.242 e. The number of ether oxygens (including phenoxy) is 1. The van der Waals surface area contributed by atoms with Gasteiger partial charge in [-0.2, -0.15) is 5.10 Å². The number of alkyl halides is 1. The van der Waals surface area contributed by atoms with Crippen LogP contribution in [0, 0.1) is 5.92 Å². The van der Waals surface area contributed by atoms with Gasteiger partial charge in [0.2, 0.25) is 5.88 Å². The maximum absolute atomic E-state index is 13.5. The van der Waals surface area contributed by atoms with E-state index in [-0.39, 0.29) is 5.92 Å². The molecule has 3 aromatic heterocycles. The second kappa shape index (κ2) is 6.72. The summed E-state index contributed by atoms with van der Waals surface area (Å²) >= 11 is 0. The summed E-state index contributed by atoms with van der Waals surface area (Å²) in [5.41, 5.74) is 2.91. The zero-order valence-corrected chi connectivity index (χ0v) is 13.9. The molecule has 1 aliphatic rings. The Morgan fingerprint density at radius 1 is 1.32 bits per heavy atom. The van der Waals surface area contributed by atoms with Gasteiger partial charge in [0, 0.05) is 50.2 Å². The number of rotatable bonds is 4. The molecule has 1 aliphatic heterocycles. The third-order valence-electron chi connectivity index (χ3n) is 4.27. The van der Waals surface area contributed by atoms with Crippen LogP contribution < -0.4 is 10.1 Å². The highest BCUT2D eigenvalue weighted by Gasteiger charge is 2.22. The highest BCUT2D eigenvalue weighted by Crippen LogP contribution is 2.27. The van der Waals surface area contributed by atoms with Gasteiger partial charge >= 0.3 is 0 Å². The van der Waals surface area contributed by atoms with E-state index in [0.29, 0.717) is 36.5 Å². The summed E-state index contributed by atoms with van der Waals surface area (Å²) < 4.78 is 21.2. The van der Waals surface area contributed by atoms with Crippen molar-refractivity contribution in [3.63, 3.8) is 0 Å². The van der Waals surface area contributed by atoms with Crippen LogP contribution in [0.2, 0.25) is 0 Å². The molecular weight excluding hydrogens is 323 g/mol. The summed E-state index contributed by atoms with van der Waals surface area (Å²) in [4.78, 5) is 13.3. The molecule has 4 heterocycles. The molecule has 8 heteroatoms. The molecule has 25 heavy (non-hydrogen) atoms. The second-order valence-corrected chi connectivity index (χ2v) is 6.31. The van der Waals surface area contributed by atoms with Gasteiger partial charge in [-0.3, -0.25) is 9.67 Å². The van der Waals surface area contributed by atoms with Crippen LogP contribution >= 0.6 is 0 Å². The van der Waals surface area contributed by atoms with E-state index in [4.69, 9.17) is 4.74 Å². The van der Waals surface area contributed by atoms with Crippen LogP contribution in [0.1, 0.15) is 6.42 Å². The normalized spacial score (nSPS) is 20.7. The first-order valence-corrected chi connectivity index (χ1v) is 8.27. The van der Waals surface area contributed by atoms with Crippen LogP contribution in [-0.4, -0.2) is 50.6 Å². The summed E-state index contributed by atoms with van der Waals surface area (Å²) in [5.74, 6) is 0.532. The molecule has 3 aromatic rings. The molecule has 1 saturated heterocycles. The average Bonchev–Trinajstić information content (AvgIpc) is 3.06. The lowest BCUT2D eigenvalue weighted by Crippen LogP contribution is -2.39. The lowest BCUT2D eigenvalue weighted by molar-refractivity contribution is 0.158.